The number of sulfonamides is 1. The van der Waals surface area contributed by atoms with Crippen LogP contribution in [0.4, 0.5) is 4.39 Å². The van der Waals surface area contributed by atoms with Gasteiger partial charge in [0.05, 0.1) is 17.7 Å². The number of aromatic nitrogens is 4. The summed E-state index contributed by atoms with van der Waals surface area (Å²) in [6.45, 7) is 3.17. The van der Waals surface area contributed by atoms with Gasteiger partial charge in [0.1, 0.15) is 17.2 Å². The van der Waals surface area contributed by atoms with Crippen molar-refractivity contribution in [2.75, 3.05) is 19.8 Å². The minimum atomic E-state index is -3.83. The van der Waals surface area contributed by atoms with Crippen molar-refractivity contribution < 1.29 is 17.5 Å². The highest BCUT2D eigenvalue weighted by molar-refractivity contribution is 7.89. The highest BCUT2D eigenvalue weighted by atomic mass is 32.2. The molecule has 2 aliphatic rings. The van der Waals surface area contributed by atoms with Crippen LogP contribution in [0.3, 0.4) is 0 Å². The number of aromatic amines is 1. The molecule has 154 valence electrons. The molecule has 1 N–H and O–H groups in total. The van der Waals surface area contributed by atoms with Gasteiger partial charge in [-0.15, -0.1) is 0 Å². The van der Waals surface area contributed by atoms with Crippen LogP contribution < -0.4 is 0 Å². The molecular formula is C19H22FN5O3S. The summed E-state index contributed by atoms with van der Waals surface area (Å²) < 4.78 is 50.3. The number of nitrogens with zero attached hydrogens (tertiary/aromatic N) is 4. The molecule has 0 unspecified atom stereocenters. The van der Waals surface area contributed by atoms with Crippen molar-refractivity contribution in [3.63, 3.8) is 0 Å². The lowest BCUT2D eigenvalue weighted by molar-refractivity contribution is 0.147. The molecule has 0 radical (unpaired) electrons. The van der Waals surface area contributed by atoms with Crippen LogP contribution in [0.2, 0.25) is 0 Å². The first kappa shape index (κ1) is 18.7. The highest BCUT2D eigenvalue weighted by Gasteiger charge is 2.50. The zero-order valence-electron chi connectivity index (χ0n) is 16.3. The van der Waals surface area contributed by atoms with Crippen LogP contribution in [-0.4, -0.2) is 57.8 Å². The van der Waals surface area contributed by atoms with Gasteiger partial charge in [0, 0.05) is 31.1 Å². The Labute approximate surface area is 167 Å². The number of halogens is 1. The predicted octanol–water partition coefficient (Wildman–Crippen LogP) is 2.35. The van der Waals surface area contributed by atoms with E-state index < -0.39 is 21.4 Å². The van der Waals surface area contributed by atoms with Crippen molar-refractivity contribution in [3.05, 3.63) is 29.8 Å². The smallest absolute Gasteiger partial charge is 0.259 e. The van der Waals surface area contributed by atoms with Gasteiger partial charge >= 0.3 is 0 Å². The number of hydrogen-bond acceptors (Lipinski definition) is 5. The Balaban J connectivity index is 1.68. The third-order valence-electron chi connectivity index (χ3n) is 6.04. The molecule has 1 atom stereocenters. The summed E-state index contributed by atoms with van der Waals surface area (Å²) in [6, 6.07) is 2.89. The largest absolute Gasteiger partial charge is 0.379 e. The van der Waals surface area contributed by atoms with Gasteiger partial charge in [0.25, 0.3) is 10.0 Å². The molecule has 2 aliphatic heterocycles. The Morgan fingerprint density at radius 1 is 1.31 bits per heavy atom. The zero-order chi connectivity index (χ0) is 20.4. The monoisotopic (exact) mass is 419 g/mol. The van der Waals surface area contributed by atoms with Crippen LogP contribution in [0.15, 0.2) is 23.5 Å². The Bertz CT molecular complexity index is 1200. The Morgan fingerprint density at radius 2 is 2.14 bits per heavy atom. The highest BCUT2D eigenvalue weighted by Crippen LogP contribution is 2.41. The number of aryl methyl sites for hydroxylation is 2. The van der Waals surface area contributed by atoms with Gasteiger partial charge in [-0.2, -0.15) is 9.40 Å². The summed E-state index contributed by atoms with van der Waals surface area (Å²) >= 11 is 0. The topological polar surface area (TPSA) is 93.1 Å². The van der Waals surface area contributed by atoms with Gasteiger partial charge in [-0.25, -0.2) is 17.8 Å². The molecule has 2 aromatic heterocycles. The minimum Gasteiger partial charge on any atom is -0.379 e. The van der Waals surface area contributed by atoms with E-state index in [1.807, 2.05) is 0 Å². The molecule has 0 amide bonds. The van der Waals surface area contributed by atoms with Crippen molar-refractivity contribution in [2.45, 2.75) is 36.8 Å². The van der Waals surface area contributed by atoms with E-state index in [1.54, 1.807) is 29.3 Å². The van der Waals surface area contributed by atoms with Gasteiger partial charge in [-0.05, 0) is 43.9 Å². The summed E-state index contributed by atoms with van der Waals surface area (Å²) in [5.41, 5.74) is 0.925. The van der Waals surface area contributed by atoms with E-state index in [9.17, 15) is 12.8 Å². The van der Waals surface area contributed by atoms with E-state index in [-0.39, 0.29) is 10.5 Å². The third kappa shape index (κ3) is 2.73. The second kappa shape index (κ2) is 6.35. The van der Waals surface area contributed by atoms with Crippen molar-refractivity contribution in [2.24, 2.45) is 7.05 Å². The average Bonchev–Trinajstić information content (AvgIpc) is 3.44. The van der Waals surface area contributed by atoms with Gasteiger partial charge in [-0.3, -0.25) is 4.68 Å². The molecule has 1 aromatic carbocycles. The van der Waals surface area contributed by atoms with Crippen molar-refractivity contribution in [3.8, 4) is 11.4 Å². The molecule has 5 rings (SSSR count). The number of H-pyrrole nitrogens is 1. The standard InChI is InChI=1S/C19H22FN5O3S/c1-12-8-14(20)17-13(16(12)18-21-11-24(2)23-18)9-15(22-17)29(26,27)25-6-3-4-19(25)5-7-28-10-19/h8-9,11,22H,3-7,10H2,1-2H3/t19-/m0/s1. The lowest BCUT2D eigenvalue weighted by Gasteiger charge is -2.32. The van der Waals surface area contributed by atoms with Crippen LogP contribution in [-0.2, 0) is 21.8 Å². The minimum absolute atomic E-state index is 0.0117. The number of hydrogen-bond donors (Lipinski definition) is 1. The van der Waals surface area contributed by atoms with Crippen molar-refractivity contribution >= 4 is 20.9 Å². The lowest BCUT2D eigenvalue weighted by Crippen LogP contribution is -2.47. The molecule has 2 fully saturated rings. The first-order chi connectivity index (χ1) is 13.8. The number of nitrogens with one attached hydrogen (secondary N) is 1. The molecule has 0 bridgehead atoms. The van der Waals surface area contributed by atoms with Crippen LogP contribution >= 0.6 is 0 Å². The molecule has 4 heterocycles. The van der Waals surface area contributed by atoms with Crippen LogP contribution in [0, 0.1) is 12.7 Å². The summed E-state index contributed by atoms with van der Waals surface area (Å²) in [7, 11) is -2.08. The number of fused-ring (bicyclic) bond motifs is 1. The van der Waals surface area contributed by atoms with Gasteiger partial charge < -0.3 is 9.72 Å². The Morgan fingerprint density at radius 3 is 2.83 bits per heavy atom. The van der Waals surface area contributed by atoms with Gasteiger partial charge in [-0.1, -0.05) is 0 Å². The fraction of sp³-hybridized carbons (Fsp3) is 0.474. The molecule has 8 nitrogen and oxygen atoms in total. The summed E-state index contributed by atoms with van der Waals surface area (Å²) in [6.07, 6.45) is 3.81. The summed E-state index contributed by atoms with van der Waals surface area (Å²) in [4.78, 5) is 7.10. The van der Waals surface area contributed by atoms with Crippen molar-refractivity contribution in [1.29, 1.82) is 0 Å². The molecule has 1 spiro atoms. The molecule has 2 saturated heterocycles. The van der Waals surface area contributed by atoms with E-state index >= 15 is 0 Å². The van der Waals surface area contributed by atoms with E-state index in [1.165, 1.54) is 12.1 Å². The van der Waals surface area contributed by atoms with E-state index in [0.717, 1.165) is 12.8 Å². The number of rotatable bonds is 3. The third-order valence-corrected chi connectivity index (χ3v) is 7.97. The summed E-state index contributed by atoms with van der Waals surface area (Å²) in [5.74, 6) is -0.0706. The maximum absolute atomic E-state index is 14.7. The first-order valence-corrected chi connectivity index (χ1v) is 11.0. The normalized spacial score (nSPS) is 23.0. The predicted molar refractivity (Wildman–Crippen MR) is 104 cm³/mol. The Kier molecular flexibility index (Phi) is 4.10. The first-order valence-electron chi connectivity index (χ1n) is 9.60. The van der Waals surface area contributed by atoms with E-state index in [0.29, 0.717) is 48.5 Å². The summed E-state index contributed by atoms with van der Waals surface area (Å²) in [5, 5.41) is 4.77. The molecule has 0 aliphatic carbocycles. The lowest BCUT2D eigenvalue weighted by atomic mass is 9.97. The molecule has 0 saturated carbocycles. The fourth-order valence-corrected chi connectivity index (χ4v) is 6.50. The molecule has 29 heavy (non-hydrogen) atoms. The fourth-order valence-electron chi connectivity index (χ4n) is 4.65. The van der Waals surface area contributed by atoms with Crippen LogP contribution in [0.5, 0.6) is 0 Å². The zero-order valence-corrected chi connectivity index (χ0v) is 17.1. The Hall–Kier alpha value is -2.30. The molecular weight excluding hydrogens is 397 g/mol. The molecule has 3 aromatic rings. The average molecular weight is 419 g/mol. The molecule has 10 heteroatoms. The van der Waals surface area contributed by atoms with E-state index in [4.69, 9.17) is 4.74 Å². The van der Waals surface area contributed by atoms with Gasteiger partial charge in [0.15, 0.2) is 5.82 Å². The van der Waals surface area contributed by atoms with Gasteiger partial charge in [0.2, 0.25) is 0 Å². The second-order valence-corrected chi connectivity index (χ2v) is 9.75. The van der Waals surface area contributed by atoms with Crippen molar-refractivity contribution in [1.82, 2.24) is 24.1 Å². The SMILES string of the molecule is Cc1cc(F)c2[nH]c(S(=O)(=O)N3CCC[C@@]34CCOC4)cc2c1-c1ncn(C)n1. The number of benzene rings is 1. The number of ether oxygens (including phenoxy) is 1. The maximum atomic E-state index is 14.7. The maximum Gasteiger partial charge on any atom is 0.259 e. The second-order valence-electron chi connectivity index (χ2n) is 7.92. The van der Waals surface area contributed by atoms with Crippen LogP contribution in [0.25, 0.3) is 22.3 Å². The van der Waals surface area contributed by atoms with Crippen LogP contribution in [0.1, 0.15) is 24.8 Å². The quantitative estimate of drug-likeness (QED) is 0.704. The van der Waals surface area contributed by atoms with E-state index in [2.05, 4.69) is 15.1 Å².